The van der Waals surface area contributed by atoms with Crippen LogP contribution in [0.5, 0.6) is 0 Å². The minimum absolute atomic E-state index is 0.239. The Hall–Kier alpha value is -4.26. The number of benzene rings is 2. The number of carbonyl (C=O) groups excluding carboxylic acids is 2. The van der Waals surface area contributed by atoms with Crippen LogP contribution in [-0.4, -0.2) is 22.5 Å². The molecule has 0 saturated heterocycles. The molecule has 1 aliphatic carbocycles. The van der Waals surface area contributed by atoms with E-state index in [0.29, 0.717) is 41.3 Å². The van der Waals surface area contributed by atoms with Crippen LogP contribution in [0.3, 0.4) is 0 Å². The fourth-order valence-corrected chi connectivity index (χ4v) is 4.38. The molecule has 5 rings (SSSR count). The van der Waals surface area contributed by atoms with E-state index in [1.807, 2.05) is 56.3 Å². The van der Waals surface area contributed by atoms with Crippen LogP contribution in [0.1, 0.15) is 56.2 Å². The standard InChI is InChI=1S/C27H24N4O3/c1-16-13-14-28-23(15-16)29-27(33)25-17(2)24-21(11-6-12-22(24)34-25)30-31-26(32)20-10-5-8-18-7-3-4-9-19(18)20/h3-5,7-10,13-15H,6,11-12H2,1-2H3,(H,31,32)(H,28,29,33)/b30-21+. The third-order valence-electron chi connectivity index (χ3n) is 6.02. The summed E-state index contributed by atoms with van der Waals surface area (Å²) in [5.74, 6) is 0.785. The third kappa shape index (κ3) is 4.08. The predicted molar refractivity (Wildman–Crippen MR) is 131 cm³/mol. The molecule has 0 aliphatic heterocycles. The predicted octanol–water partition coefficient (Wildman–Crippen LogP) is 5.17. The molecule has 0 bridgehead atoms. The van der Waals surface area contributed by atoms with Crippen LogP contribution >= 0.6 is 0 Å². The van der Waals surface area contributed by atoms with Crippen molar-refractivity contribution >= 4 is 34.1 Å². The van der Waals surface area contributed by atoms with Gasteiger partial charge in [-0.05, 0) is 61.2 Å². The van der Waals surface area contributed by atoms with Crippen LogP contribution in [0.4, 0.5) is 5.82 Å². The second-order valence-electron chi connectivity index (χ2n) is 8.41. The summed E-state index contributed by atoms with van der Waals surface area (Å²) in [5, 5.41) is 9.11. The first-order chi connectivity index (χ1) is 16.5. The average molecular weight is 453 g/mol. The number of hydrazone groups is 1. The van der Waals surface area contributed by atoms with Crippen molar-refractivity contribution in [2.24, 2.45) is 5.10 Å². The molecule has 2 heterocycles. The van der Waals surface area contributed by atoms with Crippen molar-refractivity contribution in [1.82, 2.24) is 10.4 Å². The molecule has 2 aromatic heterocycles. The largest absolute Gasteiger partial charge is 0.455 e. The normalized spacial score (nSPS) is 14.1. The van der Waals surface area contributed by atoms with Crippen molar-refractivity contribution in [3.05, 3.63) is 94.6 Å². The third-order valence-corrected chi connectivity index (χ3v) is 6.02. The first-order valence-corrected chi connectivity index (χ1v) is 11.2. The minimum Gasteiger partial charge on any atom is -0.455 e. The van der Waals surface area contributed by atoms with Crippen LogP contribution < -0.4 is 10.7 Å². The molecule has 7 nitrogen and oxygen atoms in total. The molecule has 1 aliphatic rings. The first kappa shape index (κ1) is 21.6. The number of hydrogen-bond donors (Lipinski definition) is 2. The SMILES string of the molecule is Cc1ccnc(NC(=O)c2oc3c(c2C)/C(=N/NC(=O)c2cccc4ccccc24)CCC3)c1. The highest BCUT2D eigenvalue weighted by atomic mass is 16.4. The number of rotatable bonds is 4. The maximum atomic E-state index is 12.9. The Morgan fingerprint density at radius 1 is 1.00 bits per heavy atom. The molecule has 0 atom stereocenters. The van der Waals surface area contributed by atoms with Gasteiger partial charge in [0.1, 0.15) is 11.6 Å². The average Bonchev–Trinajstić information content (AvgIpc) is 3.19. The van der Waals surface area contributed by atoms with Gasteiger partial charge in [-0.25, -0.2) is 10.4 Å². The van der Waals surface area contributed by atoms with Gasteiger partial charge in [-0.15, -0.1) is 0 Å². The van der Waals surface area contributed by atoms with E-state index in [4.69, 9.17) is 4.42 Å². The number of anilines is 1. The van der Waals surface area contributed by atoms with Gasteiger partial charge in [0.25, 0.3) is 11.8 Å². The van der Waals surface area contributed by atoms with Crippen molar-refractivity contribution < 1.29 is 14.0 Å². The second kappa shape index (κ2) is 8.94. The molecule has 170 valence electrons. The summed E-state index contributed by atoms with van der Waals surface area (Å²) in [7, 11) is 0. The fraction of sp³-hybridized carbons (Fsp3) is 0.185. The number of pyridine rings is 1. The fourth-order valence-electron chi connectivity index (χ4n) is 4.38. The number of nitrogens with zero attached hydrogens (tertiary/aromatic N) is 2. The maximum Gasteiger partial charge on any atom is 0.292 e. The zero-order valence-corrected chi connectivity index (χ0v) is 19.0. The molecule has 2 amide bonds. The van der Waals surface area contributed by atoms with Crippen LogP contribution in [0.25, 0.3) is 10.8 Å². The van der Waals surface area contributed by atoms with Gasteiger partial charge in [0.15, 0.2) is 5.76 Å². The molecule has 0 saturated carbocycles. The molecule has 0 radical (unpaired) electrons. The number of aromatic nitrogens is 1. The maximum absolute atomic E-state index is 12.9. The van der Waals surface area contributed by atoms with Gasteiger partial charge in [-0.1, -0.05) is 36.4 Å². The molecule has 0 spiro atoms. The Balaban J connectivity index is 1.41. The van der Waals surface area contributed by atoms with Crippen molar-refractivity contribution in [3.63, 3.8) is 0 Å². The van der Waals surface area contributed by atoms with Crippen molar-refractivity contribution in [2.45, 2.75) is 33.1 Å². The summed E-state index contributed by atoms with van der Waals surface area (Å²) in [4.78, 5) is 30.0. The molecular formula is C27H24N4O3. The number of carbonyl (C=O) groups is 2. The van der Waals surface area contributed by atoms with Gasteiger partial charge >= 0.3 is 0 Å². The van der Waals surface area contributed by atoms with E-state index >= 15 is 0 Å². The Labute approximate surface area is 196 Å². The monoisotopic (exact) mass is 452 g/mol. The number of nitrogens with one attached hydrogen (secondary N) is 2. The highest BCUT2D eigenvalue weighted by Crippen LogP contribution is 2.30. The molecule has 0 unspecified atom stereocenters. The Morgan fingerprint density at radius 2 is 1.82 bits per heavy atom. The molecule has 34 heavy (non-hydrogen) atoms. The van der Waals surface area contributed by atoms with Crippen LogP contribution in [0, 0.1) is 13.8 Å². The van der Waals surface area contributed by atoms with Gasteiger partial charge < -0.3 is 9.73 Å². The van der Waals surface area contributed by atoms with Crippen LogP contribution in [-0.2, 0) is 6.42 Å². The zero-order valence-electron chi connectivity index (χ0n) is 19.0. The summed E-state index contributed by atoms with van der Waals surface area (Å²) in [5.41, 5.74) is 6.49. The minimum atomic E-state index is -0.357. The summed E-state index contributed by atoms with van der Waals surface area (Å²) >= 11 is 0. The van der Waals surface area contributed by atoms with Crippen molar-refractivity contribution in [1.29, 1.82) is 0 Å². The number of fused-ring (bicyclic) bond motifs is 2. The van der Waals surface area contributed by atoms with E-state index in [9.17, 15) is 9.59 Å². The van der Waals surface area contributed by atoms with E-state index in [2.05, 4.69) is 20.8 Å². The molecule has 2 N–H and O–H groups in total. The van der Waals surface area contributed by atoms with E-state index in [-0.39, 0.29) is 17.6 Å². The van der Waals surface area contributed by atoms with E-state index in [0.717, 1.165) is 28.3 Å². The highest BCUT2D eigenvalue weighted by Gasteiger charge is 2.28. The van der Waals surface area contributed by atoms with Crippen LogP contribution in [0.15, 0.2) is 70.3 Å². The van der Waals surface area contributed by atoms with E-state index < -0.39 is 0 Å². The van der Waals surface area contributed by atoms with Crippen LogP contribution in [0.2, 0.25) is 0 Å². The van der Waals surface area contributed by atoms with Gasteiger partial charge in [-0.2, -0.15) is 5.10 Å². The Morgan fingerprint density at radius 3 is 2.68 bits per heavy atom. The zero-order chi connectivity index (χ0) is 23.7. The summed E-state index contributed by atoms with van der Waals surface area (Å²) in [6, 6.07) is 17.0. The van der Waals surface area contributed by atoms with Gasteiger partial charge in [0, 0.05) is 29.3 Å². The quantitative estimate of drug-likeness (QED) is 0.418. The lowest BCUT2D eigenvalue weighted by atomic mass is 9.93. The Bertz CT molecular complexity index is 1450. The molecular weight excluding hydrogens is 428 g/mol. The molecule has 2 aromatic carbocycles. The Kier molecular flexibility index (Phi) is 5.67. The lowest BCUT2D eigenvalue weighted by Crippen LogP contribution is -2.22. The van der Waals surface area contributed by atoms with Crippen molar-refractivity contribution in [2.75, 3.05) is 5.32 Å². The molecule has 4 aromatic rings. The van der Waals surface area contributed by atoms with Crippen molar-refractivity contribution in [3.8, 4) is 0 Å². The van der Waals surface area contributed by atoms with Gasteiger partial charge in [0.2, 0.25) is 0 Å². The number of hydrogen-bond acceptors (Lipinski definition) is 5. The molecule has 0 fully saturated rings. The molecule has 7 heteroatoms. The highest BCUT2D eigenvalue weighted by molar-refractivity contribution is 6.10. The number of amides is 2. The summed E-state index contributed by atoms with van der Waals surface area (Å²) < 4.78 is 5.95. The lowest BCUT2D eigenvalue weighted by Gasteiger charge is -2.13. The number of aryl methyl sites for hydroxylation is 2. The first-order valence-electron chi connectivity index (χ1n) is 11.2. The van der Waals surface area contributed by atoms with E-state index in [1.165, 1.54) is 0 Å². The van der Waals surface area contributed by atoms with Gasteiger partial charge in [-0.3, -0.25) is 9.59 Å². The topological polar surface area (TPSA) is 96.6 Å². The summed E-state index contributed by atoms with van der Waals surface area (Å²) in [6.45, 7) is 3.78. The smallest absolute Gasteiger partial charge is 0.292 e. The lowest BCUT2D eigenvalue weighted by molar-refractivity contribution is 0.0955. The number of furan rings is 1. The van der Waals surface area contributed by atoms with Gasteiger partial charge in [0.05, 0.1) is 5.71 Å². The second-order valence-corrected chi connectivity index (χ2v) is 8.41. The summed E-state index contributed by atoms with van der Waals surface area (Å²) in [6.07, 6.45) is 3.86. The van der Waals surface area contributed by atoms with E-state index in [1.54, 1.807) is 18.3 Å².